The molecule has 4 rings (SSSR count). The number of methoxy groups -OCH3 is 1. The Bertz CT molecular complexity index is 1600. The quantitative estimate of drug-likeness (QED) is 0.325. The van der Waals surface area contributed by atoms with E-state index in [0.29, 0.717) is 29.5 Å². The molecule has 0 radical (unpaired) electrons. The van der Waals surface area contributed by atoms with Gasteiger partial charge in [-0.2, -0.15) is 0 Å². The number of hydrogen-bond donors (Lipinski definition) is 1. The van der Waals surface area contributed by atoms with E-state index < -0.39 is 39.1 Å². The van der Waals surface area contributed by atoms with E-state index in [1.54, 1.807) is 18.2 Å². The second kappa shape index (κ2) is 13.2. The molecule has 0 aromatic heterocycles. The second-order valence-electron chi connectivity index (χ2n) is 11.0. The molecule has 0 unspecified atom stereocenters. The molecule has 0 spiro atoms. The van der Waals surface area contributed by atoms with Crippen molar-refractivity contribution in [2.24, 2.45) is 0 Å². The maximum atomic E-state index is 14.1. The molecule has 11 heteroatoms. The molecule has 1 aliphatic heterocycles. The van der Waals surface area contributed by atoms with Crippen molar-refractivity contribution < 1.29 is 36.3 Å². The summed E-state index contributed by atoms with van der Waals surface area (Å²) in [4.78, 5) is 26.0. The summed E-state index contributed by atoms with van der Waals surface area (Å²) >= 11 is 0. The van der Waals surface area contributed by atoms with Gasteiger partial charge < -0.3 is 14.8 Å². The highest BCUT2D eigenvalue weighted by molar-refractivity contribution is 7.88. The van der Waals surface area contributed by atoms with Gasteiger partial charge in [-0.25, -0.2) is 21.5 Å². The second-order valence-corrected chi connectivity index (χ2v) is 13.0. The number of aryl methyl sites for hydroxylation is 3. The summed E-state index contributed by atoms with van der Waals surface area (Å²) in [5.74, 6) is -2.46. The van der Waals surface area contributed by atoms with E-state index in [9.17, 15) is 26.8 Å². The van der Waals surface area contributed by atoms with Gasteiger partial charge in [-0.3, -0.25) is 9.59 Å². The average molecular weight is 615 g/mol. The van der Waals surface area contributed by atoms with E-state index in [1.165, 1.54) is 17.7 Å². The molecule has 230 valence electrons. The van der Waals surface area contributed by atoms with Gasteiger partial charge in [0.1, 0.15) is 12.4 Å². The third-order valence-corrected chi connectivity index (χ3v) is 9.01. The number of ether oxygens (including phenoxy) is 2. The van der Waals surface area contributed by atoms with E-state index in [2.05, 4.69) is 5.32 Å². The number of rotatable bonds is 10. The van der Waals surface area contributed by atoms with Gasteiger partial charge >= 0.3 is 5.97 Å². The fourth-order valence-electron chi connectivity index (χ4n) is 5.45. The van der Waals surface area contributed by atoms with Crippen molar-refractivity contribution in [3.8, 4) is 5.75 Å². The third-order valence-electron chi connectivity index (χ3n) is 7.70. The molecule has 8 nitrogen and oxygen atoms in total. The average Bonchev–Trinajstić information content (AvgIpc) is 2.95. The highest BCUT2D eigenvalue weighted by atomic mass is 32.2. The normalized spacial score (nSPS) is 15.1. The molecule has 1 heterocycles. The van der Waals surface area contributed by atoms with Gasteiger partial charge in [-0.05, 0) is 68.0 Å². The predicted molar refractivity (Wildman–Crippen MR) is 158 cm³/mol. The van der Waals surface area contributed by atoms with E-state index in [1.807, 2.05) is 32.0 Å². The first-order valence-electron chi connectivity index (χ1n) is 13.9. The van der Waals surface area contributed by atoms with Gasteiger partial charge in [0.05, 0.1) is 18.9 Å². The maximum Gasteiger partial charge on any atom is 0.305 e. The number of nitrogens with one attached hydrogen (secondary N) is 1. The van der Waals surface area contributed by atoms with Crippen molar-refractivity contribution in [1.82, 2.24) is 9.62 Å². The zero-order valence-electron chi connectivity index (χ0n) is 24.7. The van der Waals surface area contributed by atoms with Gasteiger partial charge in [0.15, 0.2) is 11.6 Å². The van der Waals surface area contributed by atoms with Crippen LogP contribution in [0.5, 0.6) is 5.75 Å². The highest BCUT2D eigenvalue weighted by Crippen LogP contribution is 2.35. The van der Waals surface area contributed by atoms with Crippen molar-refractivity contribution in [3.05, 3.63) is 99.6 Å². The van der Waals surface area contributed by atoms with Crippen LogP contribution in [0.2, 0.25) is 0 Å². The Balaban J connectivity index is 1.68. The van der Waals surface area contributed by atoms with Crippen molar-refractivity contribution in [2.45, 2.75) is 51.7 Å². The number of benzene rings is 3. The minimum absolute atomic E-state index is 0.0483. The van der Waals surface area contributed by atoms with Crippen LogP contribution in [0.15, 0.2) is 54.6 Å². The monoisotopic (exact) mass is 614 g/mol. The molecule has 3 aromatic carbocycles. The van der Waals surface area contributed by atoms with Gasteiger partial charge in [-0.1, -0.05) is 41.5 Å². The molecule has 0 bridgehead atoms. The van der Waals surface area contributed by atoms with Gasteiger partial charge in [0.2, 0.25) is 10.0 Å². The van der Waals surface area contributed by atoms with Crippen molar-refractivity contribution in [3.63, 3.8) is 0 Å². The summed E-state index contributed by atoms with van der Waals surface area (Å²) in [7, 11) is -2.12. The van der Waals surface area contributed by atoms with E-state index in [-0.39, 0.29) is 38.3 Å². The largest absolute Gasteiger partial charge is 0.486 e. The topological polar surface area (TPSA) is 102 Å². The first-order chi connectivity index (χ1) is 20.3. The van der Waals surface area contributed by atoms with Crippen LogP contribution in [0.3, 0.4) is 0 Å². The Morgan fingerprint density at radius 2 is 1.65 bits per heavy atom. The van der Waals surface area contributed by atoms with Crippen LogP contribution < -0.4 is 10.1 Å². The SMILES string of the molecule is COC(=O)CCc1ccc(COc2cc(F)ccc2F)cc1C(=O)NC1(c2cc(C)cc(C)c2)CCN(S(C)(=O)=O)CC1. The number of sulfonamides is 1. The lowest BCUT2D eigenvalue weighted by molar-refractivity contribution is -0.140. The molecular formula is C32H36F2N2O6S. The minimum Gasteiger partial charge on any atom is -0.486 e. The Kier molecular flexibility index (Phi) is 9.86. The van der Waals surface area contributed by atoms with Crippen molar-refractivity contribution in [1.29, 1.82) is 0 Å². The van der Waals surface area contributed by atoms with Crippen molar-refractivity contribution in [2.75, 3.05) is 26.5 Å². The number of carbonyl (C=O) groups excluding carboxylic acids is 2. The Labute approximate surface area is 251 Å². The zero-order valence-corrected chi connectivity index (χ0v) is 25.5. The molecule has 0 atom stereocenters. The zero-order chi connectivity index (χ0) is 31.4. The number of amides is 1. The summed E-state index contributed by atoms with van der Waals surface area (Å²) in [5.41, 5.74) is 3.46. The molecule has 3 aromatic rings. The number of hydrogen-bond acceptors (Lipinski definition) is 6. The smallest absolute Gasteiger partial charge is 0.305 e. The highest BCUT2D eigenvalue weighted by Gasteiger charge is 2.40. The lowest BCUT2D eigenvalue weighted by atomic mass is 9.79. The first kappa shape index (κ1) is 32.1. The molecule has 1 saturated heterocycles. The molecular weight excluding hydrogens is 578 g/mol. The summed E-state index contributed by atoms with van der Waals surface area (Å²) in [6.45, 7) is 4.26. The number of carbonyl (C=O) groups is 2. The fraction of sp³-hybridized carbons (Fsp3) is 0.375. The number of esters is 1. The van der Waals surface area contributed by atoms with Crippen LogP contribution >= 0.6 is 0 Å². The Hall–Kier alpha value is -3.83. The first-order valence-corrected chi connectivity index (χ1v) is 15.8. The lowest BCUT2D eigenvalue weighted by Crippen LogP contribution is -2.54. The molecule has 1 aliphatic rings. The van der Waals surface area contributed by atoms with Crippen LogP contribution in [0.4, 0.5) is 8.78 Å². The molecule has 0 aliphatic carbocycles. The summed E-state index contributed by atoms with van der Waals surface area (Å²) in [5, 5.41) is 3.22. The summed E-state index contributed by atoms with van der Waals surface area (Å²) < 4.78 is 64.0. The fourth-order valence-corrected chi connectivity index (χ4v) is 6.30. The van der Waals surface area contributed by atoms with Crippen LogP contribution in [0.1, 0.15) is 57.4 Å². The lowest BCUT2D eigenvalue weighted by Gasteiger charge is -2.42. The Morgan fingerprint density at radius 3 is 2.28 bits per heavy atom. The van der Waals surface area contributed by atoms with Crippen molar-refractivity contribution >= 4 is 21.9 Å². The molecule has 1 N–H and O–H groups in total. The summed E-state index contributed by atoms with van der Waals surface area (Å²) in [6, 6.07) is 14.0. The Morgan fingerprint density at radius 1 is 0.977 bits per heavy atom. The number of halogens is 2. The molecule has 1 fully saturated rings. The standard InChI is InChI=1S/C32H36F2N2O6S/c1-21-15-22(2)17-25(16-21)32(11-13-36(14-12-32)43(4,39)40)35-31(38)27-18-23(5-6-24(27)7-10-30(37)41-3)20-42-29-19-26(33)8-9-28(29)34/h5-6,8-9,15-19H,7,10-14,20H2,1-4H3,(H,35,38). The predicted octanol–water partition coefficient (Wildman–Crippen LogP) is 4.95. The van der Waals surface area contributed by atoms with Crippen LogP contribution in [-0.4, -0.2) is 51.1 Å². The van der Waals surface area contributed by atoms with Crippen LogP contribution in [-0.2, 0) is 38.1 Å². The molecule has 43 heavy (non-hydrogen) atoms. The molecule has 0 saturated carbocycles. The van der Waals surface area contributed by atoms with E-state index in [0.717, 1.165) is 34.9 Å². The van der Waals surface area contributed by atoms with Gasteiger partial charge in [0, 0.05) is 31.1 Å². The summed E-state index contributed by atoms with van der Waals surface area (Å²) in [6.07, 6.45) is 2.16. The van der Waals surface area contributed by atoms with E-state index >= 15 is 0 Å². The maximum absolute atomic E-state index is 14.1. The van der Waals surface area contributed by atoms with Crippen LogP contribution in [0, 0.1) is 25.5 Å². The number of piperidine rings is 1. The molecule has 1 amide bonds. The van der Waals surface area contributed by atoms with Crippen LogP contribution in [0.25, 0.3) is 0 Å². The van der Waals surface area contributed by atoms with Gasteiger partial charge in [0.25, 0.3) is 5.91 Å². The van der Waals surface area contributed by atoms with E-state index in [4.69, 9.17) is 9.47 Å². The number of nitrogens with zero attached hydrogens (tertiary/aromatic N) is 1. The third kappa shape index (κ3) is 7.97. The van der Waals surface area contributed by atoms with Gasteiger partial charge in [-0.15, -0.1) is 0 Å². The minimum atomic E-state index is -3.41.